The molecule has 4 N–H and O–H groups in total. The summed E-state index contributed by atoms with van der Waals surface area (Å²) in [5, 5.41) is 20.8. The Balaban J connectivity index is 1.07. The predicted octanol–water partition coefficient (Wildman–Crippen LogP) is 6.84. The molecule has 3 amide bonds. The maximum atomic E-state index is 14.2. The summed E-state index contributed by atoms with van der Waals surface area (Å²) in [4.78, 5) is 63.0. The lowest BCUT2D eigenvalue weighted by Gasteiger charge is -2.33. The summed E-state index contributed by atoms with van der Waals surface area (Å²) >= 11 is 0. The molecule has 0 spiro atoms. The van der Waals surface area contributed by atoms with E-state index in [4.69, 9.17) is 29.6 Å². The van der Waals surface area contributed by atoms with Gasteiger partial charge in [-0.05, 0) is 74.1 Å². The maximum absolute atomic E-state index is 14.2. The van der Waals surface area contributed by atoms with Gasteiger partial charge in [-0.2, -0.15) is 36.5 Å². The highest BCUT2D eigenvalue weighted by atomic mass is 19.4. The second-order valence-corrected chi connectivity index (χ2v) is 18.2. The van der Waals surface area contributed by atoms with Crippen molar-refractivity contribution in [2.24, 2.45) is 0 Å². The Bertz CT molecular complexity index is 3560. The van der Waals surface area contributed by atoms with Crippen molar-refractivity contribution < 1.29 is 50.2 Å². The number of fused-ring (bicyclic) bond motifs is 2. The number of anilines is 4. The largest absolute Gasteiger partial charge is 0.416 e. The van der Waals surface area contributed by atoms with Gasteiger partial charge in [0.25, 0.3) is 17.7 Å². The van der Waals surface area contributed by atoms with Gasteiger partial charge in [-0.15, -0.1) is 0 Å². The number of hydrogen-bond donors (Lipinski definition) is 4. The summed E-state index contributed by atoms with van der Waals surface area (Å²) in [7, 11) is 3.03. The first kappa shape index (κ1) is 51.9. The van der Waals surface area contributed by atoms with E-state index in [1.165, 1.54) is 44.7 Å². The molecule has 77 heavy (non-hydrogen) atoms. The number of nitrogens with one attached hydrogen (secondary N) is 4. The quantitative estimate of drug-likeness (QED) is 0.0872. The van der Waals surface area contributed by atoms with Gasteiger partial charge in [-0.25, -0.2) is 19.0 Å². The van der Waals surface area contributed by atoms with Crippen LogP contribution in [0, 0.1) is 6.92 Å². The van der Waals surface area contributed by atoms with Crippen LogP contribution in [0.15, 0.2) is 97.7 Å². The van der Waals surface area contributed by atoms with E-state index in [1.807, 2.05) is 11.0 Å². The Morgan fingerprint density at radius 3 is 2.12 bits per heavy atom. The molecule has 2 aliphatic heterocycles. The Morgan fingerprint density at radius 2 is 1.40 bits per heavy atom. The topological polar surface area (TPSA) is 210 Å². The van der Waals surface area contributed by atoms with Crippen LogP contribution in [0.25, 0.3) is 33.8 Å². The smallest absolute Gasteiger partial charge is 0.378 e. The SMILES string of the molecule is CNCc1ccc(C(=O)Nc2cnc(Cc3cnc4c(N5CCOC(C(=O)NC)C5)cc(-c5cc(NC(=O)c6cccc(C(F)(F)F)c6)cnc5C)nn34)c(-c3cc(N4CCOCC4)c4nccn4n3)c2)cc1C(F)(F)F. The van der Waals surface area contributed by atoms with Crippen molar-refractivity contribution in [2.75, 3.05) is 80.5 Å². The number of pyridine rings is 2. The molecule has 6 aromatic heterocycles. The number of aromatic nitrogens is 8. The van der Waals surface area contributed by atoms with E-state index in [0.717, 1.165) is 30.0 Å². The molecule has 1 unspecified atom stereocenters. The minimum Gasteiger partial charge on any atom is -0.378 e. The van der Waals surface area contributed by atoms with Gasteiger partial charge in [0, 0.05) is 80.0 Å². The van der Waals surface area contributed by atoms with Gasteiger partial charge in [-0.1, -0.05) is 12.1 Å². The molecule has 2 aliphatic rings. The number of likely N-dealkylation sites (N-methyl/N-ethyl adjacent to an activating group) is 1. The number of hydrogen-bond acceptors (Lipinski definition) is 14. The summed E-state index contributed by atoms with van der Waals surface area (Å²) in [6, 6.07) is 14.3. The van der Waals surface area contributed by atoms with Gasteiger partial charge < -0.3 is 40.5 Å². The third-order valence-corrected chi connectivity index (χ3v) is 13.1. The number of ether oxygens (including phenoxy) is 2. The van der Waals surface area contributed by atoms with Gasteiger partial charge in [0.1, 0.15) is 0 Å². The summed E-state index contributed by atoms with van der Waals surface area (Å²) in [5.74, 6) is -1.94. The van der Waals surface area contributed by atoms with Crippen LogP contribution in [0.5, 0.6) is 0 Å². The number of benzene rings is 2. The Morgan fingerprint density at radius 1 is 0.714 bits per heavy atom. The Labute approximate surface area is 434 Å². The van der Waals surface area contributed by atoms with Gasteiger partial charge in [-0.3, -0.25) is 24.4 Å². The lowest BCUT2D eigenvalue weighted by Crippen LogP contribution is -2.49. The molecule has 0 saturated carbocycles. The molecule has 10 rings (SSSR count). The summed E-state index contributed by atoms with van der Waals surface area (Å²) in [5.41, 5.74) is 3.22. The number of halogens is 6. The highest BCUT2D eigenvalue weighted by Gasteiger charge is 2.35. The first-order valence-electron chi connectivity index (χ1n) is 24.2. The minimum atomic E-state index is -4.73. The highest BCUT2D eigenvalue weighted by molar-refractivity contribution is 6.05. The third kappa shape index (κ3) is 10.9. The number of carbonyl (C=O) groups is 3. The molecule has 2 saturated heterocycles. The lowest BCUT2D eigenvalue weighted by atomic mass is 10.0. The summed E-state index contributed by atoms with van der Waals surface area (Å²) < 4.78 is 98.1. The highest BCUT2D eigenvalue weighted by Crippen LogP contribution is 2.37. The van der Waals surface area contributed by atoms with Gasteiger partial charge in [0.05, 0.1) is 102 Å². The molecule has 0 bridgehead atoms. The summed E-state index contributed by atoms with van der Waals surface area (Å²) in [6.07, 6.45) is -2.51. The zero-order valence-electron chi connectivity index (χ0n) is 41.5. The van der Waals surface area contributed by atoms with E-state index < -0.39 is 41.4 Å². The van der Waals surface area contributed by atoms with Crippen molar-refractivity contribution >= 4 is 51.8 Å². The Hall–Kier alpha value is -8.55. The molecule has 0 radical (unpaired) electrons. The number of amides is 3. The number of morpholine rings is 2. The number of aryl methyl sites for hydroxylation is 1. The Kier molecular flexibility index (Phi) is 14.3. The van der Waals surface area contributed by atoms with Crippen LogP contribution in [-0.2, 0) is 39.6 Å². The number of alkyl halides is 6. The molecule has 8 aromatic rings. The molecule has 2 aromatic carbocycles. The second-order valence-electron chi connectivity index (χ2n) is 18.2. The van der Waals surface area contributed by atoms with Crippen molar-refractivity contribution in [1.82, 2.24) is 49.8 Å². The monoisotopic (exact) mass is 1060 g/mol. The minimum absolute atomic E-state index is 0.0256. The van der Waals surface area contributed by atoms with Crippen molar-refractivity contribution in [2.45, 2.75) is 38.3 Å². The lowest BCUT2D eigenvalue weighted by molar-refractivity contribution is -0.138. The second kappa shape index (κ2) is 21.2. The van der Waals surface area contributed by atoms with Crippen molar-refractivity contribution in [3.8, 4) is 22.5 Å². The van der Waals surface area contributed by atoms with Crippen LogP contribution in [0.2, 0.25) is 0 Å². The van der Waals surface area contributed by atoms with Crippen molar-refractivity contribution in [3.05, 3.63) is 143 Å². The van der Waals surface area contributed by atoms with Crippen LogP contribution >= 0.6 is 0 Å². The fourth-order valence-corrected chi connectivity index (χ4v) is 9.26. The van der Waals surface area contributed by atoms with E-state index in [2.05, 4.69) is 36.1 Å². The standard InChI is InChI=1S/C52H48F6N14O5/c1-29-37(19-34(25-62-29)65-48(73)30-5-4-6-33(17-30)51(53,54)55)41-22-44(70-13-16-77-45(28-70)50(75)60-3)47-64-27-36(72(47)68-41)21-40-38(42-23-43(69-11-14-76-15-12-69)46-61-9-10-71(46)67-42)20-35(26-63-40)66-49(74)31-7-8-32(24-59-2)39(18-31)52(56,57)58/h4-10,17-20,22-23,25-27,45,59H,11-16,21,24,28H2,1-3H3,(H,60,75)(H,65,73)(H,66,74). The number of rotatable bonds is 13. The molecular formula is C52H48F6N14O5. The van der Waals surface area contributed by atoms with Gasteiger partial charge in [0.15, 0.2) is 17.4 Å². The fourth-order valence-electron chi connectivity index (χ4n) is 9.26. The first-order chi connectivity index (χ1) is 36.9. The average molecular weight is 1060 g/mol. The zero-order valence-corrected chi connectivity index (χ0v) is 41.5. The van der Waals surface area contributed by atoms with Gasteiger partial charge >= 0.3 is 12.4 Å². The number of imidazole rings is 2. The van der Waals surface area contributed by atoms with E-state index in [1.54, 1.807) is 52.7 Å². The fraction of sp³-hybridized carbons (Fsp3) is 0.288. The molecule has 1 atom stereocenters. The molecule has 19 nitrogen and oxygen atoms in total. The van der Waals surface area contributed by atoms with Crippen LogP contribution in [0.3, 0.4) is 0 Å². The first-order valence-corrected chi connectivity index (χ1v) is 24.2. The van der Waals surface area contributed by atoms with Crippen LogP contribution in [0.4, 0.5) is 49.1 Å². The third-order valence-electron chi connectivity index (χ3n) is 13.1. The molecule has 398 valence electrons. The van der Waals surface area contributed by atoms with Crippen LogP contribution in [-0.4, -0.2) is 123 Å². The number of nitrogens with zero attached hydrogens (tertiary/aromatic N) is 10. The molecule has 8 heterocycles. The van der Waals surface area contributed by atoms with Crippen molar-refractivity contribution in [1.29, 1.82) is 0 Å². The van der Waals surface area contributed by atoms with E-state index in [0.29, 0.717) is 89.4 Å². The van der Waals surface area contributed by atoms with E-state index in [9.17, 15) is 40.7 Å². The van der Waals surface area contributed by atoms with Crippen LogP contribution < -0.4 is 31.1 Å². The normalized spacial score (nSPS) is 15.3. The molecule has 25 heteroatoms. The molecular weight excluding hydrogens is 1010 g/mol. The average Bonchev–Trinajstić information content (AvgIpc) is 4.14. The van der Waals surface area contributed by atoms with E-state index in [-0.39, 0.29) is 60.1 Å². The van der Waals surface area contributed by atoms with E-state index >= 15 is 0 Å². The van der Waals surface area contributed by atoms with Crippen molar-refractivity contribution in [3.63, 3.8) is 0 Å². The number of carbonyl (C=O) groups excluding carboxylic acids is 3. The molecule has 2 fully saturated rings. The molecule has 0 aliphatic carbocycles. The maximum Gasteiger partial charge on any atom is 0.416 e. The van der Waals surface area contributed by atoms with Crippen LogP contribution in [0.1, 0.15) is 54.5 Å². The summed E-state index contributed by atoms with van der Waals surface area (Å²) in [6.45, 7) is 4.40. The van der Waals surface area contributed by atoms with Gasteiger partial charge in [0.2, 0.25) is 0 Å². The predicted molar refractivity (Wildman–Crippen MR) is 271 cm³/mol. The zero-order chi connectivity index (χ0) is 54.2.